The topological polar surface area (TPSA) is 55.8 Å². The number of ether oxygens (including phenoxy) is 2. The molecule has 1 saturated heterocycles. The van der Waals surface area contributed by atoms with Crippen molar-refractivity contribution in [1.82, 2.24) is 0 Å². The molecular weight excluding hydrogens is 316 g/mol. The predicted octanol–water partition coefficient (Wildman–Crippen LogP) is 4.58. The Labute approximate surface area is 147 Å². The molecule has 1 aliphatic rings. The number of hydrogen-bond donors (Lipinski definition) is 1. The van der Waals surface area contributed by atoms with Crippen LogP contribution < -0.4 is 4.74 Å². The fourth-order valence-corrected chi connectivity index (χ4v) is 2.81. The molecule has 2 aromatic rings. The Morgan fingerprint density at radius 3 is 2.68 bits per heavy atom. The molecule has 1 aliphatic heterocycles. The summed E-state index contributed by atoms with van der Waals surface area (Å²) in [4.78, 5) is 12.6. The van der Waals surface area contributed by atoms with Gasteiger partial charge in [0.05, 0.1) is 12.2 Å². The second-order valence-electron chi connectivity index (χ2n) is 6.16. The van der Waals surface area contributed by atoms with Crippen LogP contribution in [0.5, 0.6) is 11.5 Å². The van der Waals surface area contributed by atoms with Gasteiger partial charge >= 0.3 is 0 Å². The third kappa shape index (κ3) is 4.48. The third-order valence-electron chi connectivity index (χ3n) is 4.16. The van der Waals surface area contributed by atoms with Crippen molar-refractivity contribution in [2.75, 3.05) is 6.61 Å². The van der Waals surface area contributed by atoms with E-state index in [-0.39, 0.29) is 23.4 Å². The van der Waals surface area contributed by atoms with Crippen molar-refractivity contribution < 1.29 is 19.4 Å². The van der Waals surface area contributed by atoms with Crippen LogP contribution in [0.4, 0.5) is 0 Å². The highest BCUT2D eigenvalue weighted by Crippen LogP contribution is 2.28. The molecule has 0 aliphatic carbocycles. The number of rotatable bonds is 5. The van der Waals surface area contributed by atoms with Crippen LogP contribution in [-0.2, 0) is 4.74 Å². The summed E-state index contributed by atoms with van der Waals surface area (Å²) in [6, 6.07) is 14.4. The summed E-state index contributed by atoms with van der Waals surface area (Å²) in [5.74, 6) is 0.214. The zero-order chi connectivity index (χ0) is 17.6. The number of carbonyl (C=O) groups excluding carboxylic acids is 1. The van der Waals surface area contributed by atoms with E-state index in [4.69, 9.17) is 9.47 Å². The lowest BCUT2D eigenvalue weighted by Crippen LogP contribution is -2.24. The van der Waals surface area contributed by atoms with Gasteiger partial charge in [0.2, 0.25) is 0 Å². The van der Waals surface area contributed by atoms with E-state index in [0.717, 1.165) is 24.8 Å². The first kappa shape index (κ1) is 17.2. The number of hydrogen-bond acceptors (Lipinski definition) is 4. The summed E-state index contributed by atoms with van der Waals surface area (Å²) >= 11 is 0. The number of aromatic hydroxyl groups is 1. The first-order valence-corrected chi connectivity index (χ1v) is 8.53. The summed E-state index contributed by atoms with van der Waals surface area (Å²) in [5.41, 5.74) is 1.77. The lowest BCUT2D eigenvalue weighted by atomic mass is 10.0. The number of benzene rings is 2. The fourth-order valence-electron chi connectivity index (χ4n) is 2.81. The van der Waals surface area contributed by atoms with Crippen molar-refractivity contribution in [3.8, 4) is 11.5 Å². The molecule has 0 bridgehead atoms. The van der Waals surface area contributed by atoms with Crippen LogP contribution in [0.15, 0.2) is 54.1 Å². The van der Waals surface area contributed by atoms with Crippen molar-refractivity contribution in [2.24, 2.45) is 0 Å². The van der Waals surface area contributed by atoms with Gasteiger partial charge in [-0.3, -0.25) is 4.79 Å². The lowest BCUT2D eigenvalue weighted by molar-refractivity contribution is -0.105. The minimum Gasteiger partial charge on any atom is -0.507 e. The third-order valence-corrected chi connectivity index (χ3v) is 4.16. The van der Waals surface area contributed by atoms with Crippen molar-refractivity contribution in [3.63, 3.8) is 0 Å². The van der Waals surface area contributed by atoms with Gasteiger partial charge in [-0.05, 0) is 49.1 Å². The zero-order valence-electron chi connectivity index (χ0n) is 14.3. The van der Waals surface area contributed by atoms with Crippen molar-refractivity contribution >= 4 is 11.9 Å². The quantitative estimate of drug-likeness (QED) is 0.640. The minimum absolute atomic E-state index is 0.0841. The van der Waals surface area contributed by atoms with Gasteiger partial charge < -0.3 is 14.6 Å². The van der Waals surface area contributed by atoms with Gasteiger partial charge in [-0.2, -0.15) is 0 Å². The number of phenols is 1. The smallest absolute Gasteiger partial charge is 0.199 e. The second kappa shape index (κ2) is 7.99. The molecule has 1 heterocycles. The number of Topliss-reactive ketones (excluding diaryl/α,β-unsaturated/α-hetero) is 1. The fraction of sp³-hybridized carbons (Fsp3) is 0.286. The molecule has 0 spiro atoms. The van der Waals surface area contributed by atoms with Crippen LogP contribution in [0.2, 0.25) is 0 Å². The van der Waals surface area contributed by atoms with E-state index in [1.54, 1.807) is 19.1 Å². The minimum atomic E-state index is -0.283. The molecule has 0 aromatic heterocycles. The van der Waals surface area contributed by atoms with Crippen molar-refractivity contribution in [2.45, 2.75) is 32.5 Å². The van der Waals surface area contributed by atoms with E-state index in [2.05, 4.69) is 0 Å². The molecular formula is C21H22O4. The van der Waals surface area contributed by atoms with Gasteiger partial charge in [0.25, 0.3) is 0 Å². The molecule has 0 amide bonds. The highest BCUT2D eigenvalue weighted by Gasteiger charge is 2.18. The van der Waals surface area contributed by atoms with Gasteiger partial charge in [-0.15, -0.1) is 0 Å². The van der Waals surface area contributed by atoms with Crippen molar-refractivity contribution in [3.05, 3.63) is 65.2 Å². The summed E-state index contributed by atoms with van der Waals surface area (Å²) in [7, 11) is 0. The van der Waals surface area contributed by atoms with E-state index >= 15 is 0 Å². The van der Waals surface area contributed by atoms with Gasteiger partial charge in [-0.25, -0.2) is 0 Å². The second-order valence-corrected chi connectivity index (χ2v) is 6.16. The van der Waals surface area contributed by atoms with Crippen molar-refractivity contribution in [1.29, 1.82) is 0 Å². The monoisotopic (exact) mass is 338 g/mol. The molecule has 4 heteroatoms. The molecule has 1 atom stereocenters. The summed E-state index contributed by atoms with van der Waals surface area (Å²) in [6.07, 6.45) is 4.47. The Bertz CT molecular complexity index is 759. The number of allylic oxidation sites excluding steroid dienone is 1. The molecule has 4 nitrogen and oxygen atoms in total. The van der Waals surface area contributed by atoms with Gasteiger partial charge in [0, 0.05) is 12.5 Å². The Morgan fingerprint density at radius 2 is 2.00 bits per heavy atom. The lowest BCUT2D eigenvalue weighted by Gasteiger charge is -2.23. The Hall–Kier alpha value is -2.59. The first-order chi connectivity index (χ1) is 12.1. The SMILES string of the molecule is C/C(=C\c1ccccc1)C(=O)c1ccc(OC2CCCCO2)cc1O. The highest BCUT2D eigenvalue weighted by atomic mass is 16.7. The molecule has 0 saturated carbocycles. The Kier molecular flexibility index (Phi) is 5.51. The van der Waals surface area contributed by atoms with Gasteiger partial charge in [0.15, 0.2) is 12.1 Å². The maximum Gasteiger partial charge on any atom is 0.199 e. The van der Waals surface area contributed by atoms with E-state index in [1.165, 1.54) is 6.07 Å². The molecule has 0 radical (unpaired) electrons. The standard InChI is InChI=1S/C21H22O4/c1-15(13-16-7-3-2-4-8-16)21(23)18-11-10-17(14-19(18)22)25-20-9-5-6-12-24-20/h2-4,7-8,10-11,13-14,20,22H,5-6,9,12H2,1H3/b15-13+. The largest absolute Gasteiger partial charge is 0.507 e. The molecule has 25 heavy (non-hydrogen) atoms. The molecule has 130 valence electrons. The summed E-state index contributed by atoms with van der Waals surface area (Å²) < 4.78 is 11.2. The van der Waals surface area contributed by atoms with Crippen LogP contribution in [-0.4, -0.2) is 23.8 Å². The predicted molar refractivity (Wildman–Crippen MR) is 96.7 cm³/mol. The molecule has 2 aromatic carbocycles. The maximum atomic E-state index is 12.6. The van der Waals surface area contributed by atoms with E-state index in [9.17, 15) is 9.90 Å². The van der Waals surface area contributed by atoms with Crippen LogP contribution in [0, 0.1) is 0 Å². The zero-order valence-corrected chi connectivity index (χ0v) is 14.3. The van der Waals surface area contributed by atoms with Crippen LogP contribution in [0.1, 0.15) is 42.1 Å². The number of carbonyl (C=O) groups is 1. The first-order valence-electron chi connectivity index (χ1n) is 8.53. The highest BCUT2D eigenvalue weighted by molar-refractivity contribution is 6.12. The molecule has 1 N–H and O–H groups in total. The average molecular weight is 338 g/mol. The Balaban J connectivity index is 1.73. The molecule has 3 rings (SSSR count). The van der Waals surface area contributed by atoms with E-state index in [0.29, 0.717) is 17.9 Å². The van der Waals surface area contributed by atoms with Crippen LogP contribution >= 0.6 is 0 Å². The van der Waals surface area contributed by atoms with Gasteiger partial charge in [0.1, 0.15) is 11.5 Å². The van der Waals surface area contributed by atoms with E-state index < -0.39 is 0 Å². The average Bonchev–Trinajstić information content (AvgIpc) is 2.63. The van der Waals surface area contributed by atoms with Crippen LogP contribution in [0.3, 0.4) is 0 Å². The van der Waals surface area contributed by atoms with Gasteiger partial charge in [-0.1, -0.05) is 30.3 Å². The maximum absolute atomic E-state index is 12.6. The number of ketones is 1. The van der Waals surface area contributed by atoms with Crippen LogP contribution in [0.25, 0.3) is 6.08 Å². The summed E-state index contributed by atoms with van der Waals surface area (Å²) in [5, 5.41) is 10.2. The van der Waals surface area contributed by atoms with E-state index in [1.807, 2.05) is 36.4 Å². The number of phenolic OH excluding ortho intramolecular Hbond substituents is 1. The Morgan fingerprint density at radius 1 is 1.20 bits per heavy atom. The molecule has 1 unspecified atom stereocenters. The normalized spacial score (nSPS) is 18.0. The summed E-state index contributed by atoms with van der Waals surface area (Å²) in [6.45, 7) is 2.44. The molecule has 1 fully saturated rings.